The van der Waals surface area contributed by atoms with Crippen LogP contribution in [0.2, 0.25) is 0 Å². The van der Waals surface area contributed by atoms with Crippen LogP contribution in [0.3, 0.4) is 0 Å². The fraction of sp³-hybridized carbons (Fsp3) is 0.500. The van der Waals surface area contributed by atoms with Crippen LogP contribution in [0.1, 0.15) is 36.0 Å². The summed E-state index contributed by atoms with van der Waals surface area (Å²) in [5.74, 6) is 1.04. The van der Waals surface area contributed by atoms with Crippen molar-refractivity contribution in [2.75, 3.05) is 5.88 Å². The van der Waals surface area contributed by atoms with E-state index in [1.165, 1.54) is 12.8 Å². The molecule has 0 heterocycles. The lowest BCUT2D eigenvalue weighted by Gasteiger charge is -2.30. The fourth-order valence-corrected chi connectivity index (χ4v) is 3.23. The van der Waals surface area contributed by atoms with Crippen LogP contribution < -0.4 is 5.32 Å². The molecule has 1 N–H and O–H groups in total. The quantitative estimate of drug-likeness (QED) is 0.835. The highest BCUT2D eigenvalue weighted by molar-refractivity contribution is 9.10. The maximum atomic E-state index is 12.2. The number of halogens is 2. The molecule has 0 spiro atoms. The van der Waals surface area contributed by atoms with Crippen LogP contribution in [0.5, 0.6) is 0 Å². The highest BCUT2D eigenvalue weighted by atomic mass is 79.9. The van der Waals surface area contributed by atoms with Crippen molar-refractivity contribution in [3.8, 4) is 0 Å². The summed E-state index contributed by atoms with van der Waals surface area (Å²) in [5.41, 5.74) is 0.697. The molecule has 1 fully saturated rings. The molecule has 0 aliphatic heterocycles. The topological polar surface area (TPSA) is 29.1 Å². The summed E-state index contributed by atoms with van der Waals surface area (Å²) in [7, 11) is 0. The zero-order valence-electron chi connectivity index (χ0n) is 10.2. The molecule has 0 aromatic heterocycles. The Balaban J connectivity index is 2.02. The summed E-state index contributed by atoms with van der Waals surface area (Å²) in [4.78, 5) is 12.2. The van der Waals surface area contributed by atoms with Crippen LogP contribution in [-0.4, -0.2) is 17.8 Å². The first-order valence-electron chi connectivity index (χ1n) is 6.33. The van der Waals surface area contributed by atoms with E-state index in [1.807, 2.05) is 24.3 Å². The molecule has 2 rings (SSSR count). The van der Waals surface area contributed by atoms with Gasteiger partial charge in [-0.25, -0.2) is 0 Å². The Hall–Kier alpha value is -0.540. The van der Waals surface area contributed by atoms with Crippen molar-refractivity contribution < 1.29 is 4.79 Å². The molecule has 4 heteroatoms. The second-order valence-electron chi connectivity index (χ2n) is 4.79. The molecule has 1 aromatic carbocycles. The third-order valence-corrected chi connectivity index (χ3v) is 4.40. The molecule has 2 nitrogen and oxygen atoms in total. The monoisotopic (exact) mass is 329 g/mol. The molecular weight excluding hydrogens is 314 g/mol. The number of nitrogens with one attached hydrogen (secondary N) is 1. The van der Waals surface area contributed by atoms with Crippen molar-refractivity contribution in [2.45, 2.75) is 31.7 Å². The average Bonchev–Trinajstić information content (AvgIpc) is 2.39. The van der Waals surface area contributed by atoms with Gasteiger partial charge in [-0.1, -0.05) is 34.8 Å². The number of rotatable bonds is 3. The SMILES string of the molecule is O=C(NC1CCCCC1CCl)c1cccc(Br)c1. The first-order valence-corrected chi connectivity index (χ1v) is 7.66. The fourth-order valence-electron chi connectivity index (χ4n) is 2.46. The van der Waals surface area contributed by atoms with Gasteiger partial charge in [0.15, 0.2) is 0 Å². The number of benzene rings is 1. The van der Waals surface area contributed by atoms with Gasteiger partial charge in [0, 0.05) is 22.0 Å². The molecule has 1 saturated carbocycles. The van der Waals surface area contributed by atoms with Crippen LogP contribution >= 0.6 is 27.5 Å². The van der Waals surface area contributed by atoms with Crippen molar-refractivity contribution in [1.29, 1.82) is 0 Å². The summed E-state index contributed by atoms with van der Waals surface area (Å²) in [6, 6.07) is 7.69. The number of hydrogen-bond donors (Lipinski definition) is 1. The molecule has 1 aromatic rings. The Labute approximate surface area is 121 Å². The zero-order chi connectivity index (χ0) is 13.0. The van der Waals surface area contributed by atoms with Crippen molar-refractivity contribution >= 4 is 33.4 Å². The molecular formula is C14H17BrClNO. The highest BCUT2D eigenvalue weighted by Crippen LogP contribution is 2.25. The molecule has 98 valence electrons. The van der Waals surface area contributed by atoms with Crippen LogP contribution in [0.25, 0.3) is 0 Å². The Kier molecular flexibility index (Phi) is 5.07. The van der Waals surface area contributed by atoms with Crippen LogP contribution in [0.4, 0.5) is 0 Å². The van der Waals surface area contributed by atoms with Crippen LogP contribution in [-0.2, 0) is 0 Å². The standard InChI is InChI=1S/C14H17BrClNO/c15-12-6-3-5-10(8-12)14(18)17-13-7-2-1-4-11(13)9-16/h3,5-6,8,11,13H,1-2,4,7,9H2,(H,17,18). The van der Waals surface area contributed by atoms with E-state index in [4.69, 9.17) is 11.6 Å². The Morgan fingerprint density at radius 1 is 1.39 bits per heavy atom. The first-order chi connectivity index (χ1) is 8.70. The maximum absolute atomic E-state index is 12.2. The van der Waals surface area contributed by atoms with Gasteiger partial charge in [-0.3, -0.25) is 4.79 Å². The lowest BCUT2D eigenvalue weighted by molar-refractivity contribution is 0.0911. The van der Waals surface area contributed by atoms with Crippen molar-refractivity contribution in [3.05, 3.63) is 34.3 Å². The van der Waals surface area contributed by atoms with E-state index in [0.717, 1.165) is 17.3 Å². The molecule has 2 atom stereocenters. The summed E-state index contributed by atoms with van der Waals surface area (Å²) in [6.45, 7) is 0. The lowest BCUT2D eigenvalue weighted by atomic mass is 9.85. The number of carbonyl (C=O) groups is 1. The number of amides is 1. The molecule has 1 aliphatic carbocycles. The molecule has 0 saturated heterocycles. The van der Waals surface area contributed by atoms with Gasteiger partial charge < -0.3 is 5.32 Å². The molecule has 1 amide bonds. The first kappa shape index (κ1) is 13.9. The Morgan fingerprint density at radius 2 is 2.17 bits per heavy atom. The third kappa shape index (κ3) is 3.48. The van der Waals surface area contributed by atoms with Gasteiger partial charge in [-0.05, 0) is 37.0 Å². The molecule has 0 bridgehead atoms. The van der Waals surface area contributed by atoms with Gasteiger partial charge in [0.1, 0.15) is 0 Å². The maximum Gasteiger partial charge on any atom is 0.251 e. The smallest absolute Gasteiger partial charge is 0.251 e. The predicted molar refractivity (Wildman–Crippen MR) is 78.1 cm³/mol. The van der Waals surface area contributed by atoms with E-state index >= 15 is 0 Å². The normalized spacial score (nSPS) is 23.7. The Bertz CT molecular complexity index is 424. The van der Waals surface area contributed by atoms with Crippen LogP contribution in [0.15, 0.2) is 28.7 Å². The van der Waals surface area contributed by atoms with E-state index in [-0.39, 0.29) is 11.9 Å². The summed E-state index contributed by atoms with van der Waals surface area (Å²) >= 11 is 9.35. The van der Waals surface area contributed by atoms with E-state index < -0.39 is 0 Å². The second-order valence-corrected chi connectivity index (χ2v) is 6.01. The van der Waals surface area contributed by atoms with Gasteiger partial charge >= 0.3 is 0 Å². The van der Waals surface area contributed by atoms with Gasteiger partial charge in [0.05, 0.1) is 0 Å². The van der Waals surface area contributed by atoms with Crippen molar-refractivity contribution in [1.82, 2.24) is 5.32 Å². The van der Waals surface area contributed by atoms with E-state index in [0.29, 0.717) is 17.4 Å². The minimum atomic E-state index is -0.00156. The lowest BCUT2D eigenvalue weighted by Crippen LogP contribution is -2.42. The number of alkyl halides is 1. The molecule has 0 radical (unpaired) electrons. The summed E-state index contributed by atoms with van der Waals surface area (Å²) in [5, 5.41) is 3.12. The largest absolute Gasteiger partial charge is 0.349 e. The van der Waals surface area contributed by atoms with Gasteiger partial charge in [-0.15, -0.1) is 11.6 Å². The summed E-state index contributed by atoms with van der Waals surface area (Å²) < 4.78 is 0.924. The number of carbonyl (C=O) groups excluding carboxylic acids is 1. The highest BCUT2D eigenvalue weighted by Gasteiger charge is 2.25. The van der Waals surface area contributed by atoms with Gasteiger partial charge in [0.2, 0.25) is 0 Å². The van der Waals surface area contributed by atoms with E-state index in [1.54, 1.807) is 0 Å². The molecule has 2 unspecified atom stereocenters. The molecule has 18 heavy (non-hydrogen) atoms. The van der Waals surface area contributed by atoms with E-state index in [9.17, 15) is 4.79 Å². The minimum absolute atomic E-state index is 0.00156. The predicted octanol–water partition coefficient (Wildman–Crippen LogP) is 3.98. The van der Waals surface area contributed by atoms with Gasteiger partial charge in [-0.2, -0.15) is 0 Å². The number of hydrogen-bond acceptors (Lipinski definition) is 1. The van der Waals surface area contributed by atoms with Gasteiger partial charge in [0.25, 0.3) is 5.91 Å². The second kappa shape index (κ2) is 6.58. The zero-order valence-corrected chi connectivity index (χ0v) is 12.5. The van der Waals surface area contributed by atoms with E-state index in [2.05, 4.69) is 21.2 Å². The van der Waals surface area contributed by atoms with Crippen molar-refractivity contribution in [3.63, 3.8) is 0 Å². The average molecular weight is 331 g/mol. The van der Waals surface area contributed by atoms with Crippen molar-refractivity contribution in [2.24, 2.45) is 5.92 Å². The minimum Gasteiger partial charge on any atom is -0.349 e. The molecule has 1 aliphatic rings. The third-order valence-electron chi connectivity index (χ3n) is 3.51. The summed E-state index contributed by atoms with van der Waals surface area (Å²) in [6.07, 6.45) is 4.56. The van der Waals surface area contributed by atoms with Crippen LogP contribution in [0, 0.1) is 5.92 Å². The Morgan fingerprint density at radius 3 is 2.89 bits per heavy atom.